The second kappa shape index (κ2) is 9.07. The van der Waals surface area contributed by atoms with Gasteiger partial charge in [-0.05, 0) is 34.3 Å². The maximum absolute atomic E-state index is 6.59. The molecule has 0 aliphatic carbocycles. The van der Waals surface area contributed by atoms with Crippen molar-refractivity contribution >= 4 is 19.9 Å². The summed E-state index contributed by atoms with van der Waals surface area (Å²) in [5.74, 6) is 0.636. The van der Waals surface area contributed by atoms with Crippen molar-refractivity contribution in [2.45, 2.75) is 64.8 Å². The zero-order chi connectivity index (χ0) is 17.6. The minimum absolute atomic E-state index is 0.194. The second-order valence-electron chi connectivity index (χ2n) is 6.92. The van der Waals surface area contributed by atoms with E-state index in [-0.39, 0.29) is 6.79 Å². The lowest BCUT2D eigenvalue weighted by molar-refractivity contribution is 0.0511. The van der Waals surface area contributed by atoms with Crippen LogP contribution in [0, 0.1) is 0 Å². The molecule has 0 spiro atoms. The van der Waals surface area contributed by atoms with E-state index in [1.165, 1.54) is 0 Å². The fraction of sp³-hybridized carbons (Fsp3) is 0.667. The molecule has 0 bridgehead atoms. The van der Waals surface area contributed by atoms with E-state index in [0.717, 1.165) is 5.56 Å². The fourth-order valence-electron chi connectivity index (χ4n) is 3.58. The van der Waals surface area contributed by atoms with Crippen molar-refractivity contribution in [1.82, 2.24) is 0 Å². The van der Waals surface area contributed by atoms with Crippen molar-refractivity contribution < 1.29 is 13.9 Å². The number of rotatable bonds is 9. The van der Waals surface area contributed by atoms with Gasteiger partial charge in [-0.25, -0.2) is 0 Å². The summed E-state index contributed by atoms with van der Waals surface area (Å²) in [5, 5.41) is 0.592. The van der Waals surface area contributed by atoms with Crippen molar-refractivity contribution in [3.8, 4) is 5.75 Å². The first-order valence-electron chi connectivity index (χ1n) is 8.29. The van der Waals surface area contributed by atoms with Gasteiger partial charge < -0.3 is 13.9 Å². The monoisotopic (exact) mass is 358 g/mol. The van der Waals surface area contributed by atoms with Crippen molar-refractivity contribution in [3.05, 3.63) is 28.8 Å². The van der Waals surface area contributed by atoms with Crippen LogP contribution in [-0.2, 0) is 15.8 Å². The van der Waals surface area contributed by atoms with Crippen molar-refractivity contribution in [2.24, 2.45) is 0 Å². The Morgan fingerprint density at radius 3 is 2.00 bits per heavy atom. The molecule has 5 heteroatoms. The zero-order valence-electron chi connectivity index (χ0n) is 15.5. The molecule has 0 aliphatic rings. The van der Waals surface area contributed by atoms with Crippen molar-refractivity contribution in [1.29, 1.82) is 0 Å². The Hall–Kier alpha value is -0.553. The number of methoxy groups -OCH3 is 1. The molecule has 0 atom stereocenters. The summed E-state index contributed by atoms with van der Waals surface area (Å²) in [7, 11) is -0.269. The second-order valence-corrected chi connectivity index (χ2v) is 12.8. The summed E-state index contributed by atoms with van der Waals surface area (Å²) in [6.07, 6.45) is 0. The molecule has 1 aromatic rings. The number of ether oxygens (including phenoxy) is 2. The van der Waals surface area contributed by atoms with Crippen LogP contribution in [-0.4, -0.2) is 22.2 Å². The summed E-state index contributed by atoms with van der Waals surface area (Å²) in [6.45, 7) is 14.6. The van der Waals surface area contributed by atoms with Gasteiger partial charge in [0.05, 0.1) is 11.6 Å². The van der Waals surface area contributed by atoms with Crippen molar-refractivity contribution in [2.75, 3.05) is 13.9 Å². The molecule has 0 N–H and O–H groups in total. The molecule has 1 aromatic carbocycles. The Morgan fingerprint density at radius 2 is 1.57 bits per heavy atom. The van der Waals surface area contributed by atoms with Crippen LogP contribution in [0.4, 0.5) is 0 Å². The summed E-state index contributed by atoms with van der Waals surface area (Å²) in [4.78, 5) is 0. The zero-order valence-corrected chi connectivity index (χ0v) is 17.2. The average molecular weight is 359 g/mol. The maximum Gasteiger partial charge on any atom is 0.200 e. The Morgan fingerprint density at radius 1 is 1.00 bits per heavy atom. The number of halogens is 1. The molecular formula is C18H31ClO3Si. The first kappa shape index (κ1) is 20.5. The van der Waals surface area contributed by atoms with Crippen LogP contribution < -0.4 is 4.74 Å². The molecule has 0 aliphatic heterocycles. The number of hydrogen-bond acceptors (Lipinski definition) is 3. The molecule has 132 valence electrons. The minimum Gasteiger partial charge on any atom is -0.466 e. The highest BCUT2D eigenvalue weighted by Crippen LogP contribution is 2.42. The summed E-state index contributed by atoms with van der Waals surface area (Å²) < 4.78 is 16.9. The van der Waals surface area contributed by atoms with Gasteiger partial charge in [-0.3, -0.25) is 0 Å². The van der Waals surface area contributed by atoms with E-state index < -0.39 is 8.32 Å². The van der Waals surface area contributed by atoms with Gasteiger partial charge >= 0.3 is 0 Å². The molecule has 23 heavy (non-hydrogen) atoms. The van der Waals surface area contributed by atoms with E-state index in [1.807, 2.05) is 18.2 Å². The number of benzene rings is 1. The van der Waals surface area contributed by atoms with Crippen molar-refractivity contribution in [3.63, 3.8) is 0 Å². The van der Waals surface area contributed by atoms with E-state index in [0.29, 0.717) is 34.0 Å². The van der Waals surface area contributed by atoms with Crippen LogP contribution in [0.3, 0.4) is 0 Å². The Bertz CT molecular complexity index is 467. The van der Waals surface area contributed by atoms with Crippen LogP contribution in [0.25, 0.3) is 0 Å². The SMILES string of the molecule is COCOc1ccc(CO[Si](C(C)C)(C(C)C)C(C)C)cc1Cl. The first-order chi connectivity index (χ1) is 10.8. The van der Waals surface area contributed by atoms with Crippen LogP contribution in [0.1, 0.15) is 47.1 Å². The smallest absolute Gasteiger partial charge is 0.200 e. The highest BCUT2D eigenvalue weighted by molar-refractivity contribution is 6.77. The van der Waals surface area contributed by atoms with Crippen LogP contribution in [0.5, 0.6) is 5.75 Å². The predicted molar refractivity (Wildman–Crippen MR) is 99.8 cm³/mol. The third kappa shape index (κ3) is 4.96. The fourth-order valence-corrected chi connectivity index (χ4v) is 9.26. The summed E-state index contributed by atoms with van der Waals surface area (Å²) in [6, 6.07) is 5.81. The quantitative estimate of drug-likeness (QED) is 0.399. The van der Waals surface area contributed by atoms with E-state index in [9.17, 15) is 0 Å². The first-order valence-corrected chi connectivity index (χ1v) is 10.8. The highest BCUT2D eigenvalue weighted by Gasteiger charge is 2.44. The molecule has 0 saturated carbocycles. The lowest BCUT2D eigenvalue weighted by Gasteiger charge is -2.42. The summed E-state index contributed by atoms with van der Waals surface area (Å²) in [5.41, 5.74) is 2.80. The summed E-state index contributed by atoms with van der Waals surface area (Å²) >= 11 is 6.28. The van der Waals surface area contributed by atoms with Gasteiger partial charge in [-0.1, -0.05) is 59.2 Å². The average Bonchev–Trinajstić information content (AvgIpc) is 2.45. The molecule has 0 fully saturated rings. The molecule has 0 saturated heterocycles. The van der Waals surface area contributed by atoms with Crippen LogP contribution in [0.15, 0.2) is 18.2 Å². The lowest BCUT2D eigenvalue weighted by atomic mass is 10.2. The van der Waals surface area contributed by atoms with Gasteiger partial charge in [-0.2, -0.15) is 0 Å². The number of hydrogen-bond donors (Lipinski definition) is 0. The molecule has 0 amide bonds. The molecular weight excluding hydrogens is 328 g/mol. The Balaban J connectivity index is 2.88. The standard InChI is InChI=1S/C18H31ClO3Si/c1-13(2)23(14(3)4,15(5)6)22-11-16-8-9-18(17(19)10-16)21-12-20-7/h8-10,13-15H,11-12H2,1-7H3. The molecule has 1 rings (SSSR count). The van der Waals surface area contributed by atoms with Gasteiger partial charge in [0.1, 0.15) is 5.75 Å². The van der Waals surface area contributed by atoms with Gasteiger partial charge in [0.25, 0.3) is 0 Å². The Labute approximate surface area is 147 Å². The van der Waals surface area contributed by atoms with Gasteiger partial charge in [0.15, 0.2) is 6.79 Å². The van der Waals surface area contributed by atoms with E-state index >= 15 is 0 Å². The third-order valence-corrected chi connectivity index (χ3v) is 10.9. The Kier molecular flexibility index (Phi) is 8.08. The van der Waals surface area contributed by atoms with Crippen LogP contribution in [0.2, 0.25) is 21.6 Å². The highest BCUT2D eigenvalue weighted by atomic mass is 35.5. The topological polar surface area (TPSA) is 27.7 Å². The van der Waals surface area contributed by atoms with Gasteiger partial charge in [-0.15, -0.1) is 0 Å². The lowest BCUT2D eigenvalue weighted by Crippen LogP contribution is -2.47. The van der Waals surface area contributed by atoms with Crippen LogP contribution >= 0.6 is 11.6 Å². The maximum atomic E-state index is 6.59. The van der Waals surface area contributed by atoms with Gasteiger partial charge in [0, 0.05) is 7.11 Å². The molecule has 0 heterocycles. The van der Waals surface area contributed by atoms with E-state index in [2.05, 4.69) is 41.5 Å². The molecule has 0 unspecified atom stereocenters. The normalized spacial score (nSPS) is 12.5. The largest absolute Gasteiger partial charge is 0.466 e. The third-order valence-electron chi connectivity index (χ3n) is 4.52. The van der Waals surface area contributed by atoms with E-state index in [4.69, 9.17) is 25.5 Å². The molecule has 3 nitrogen and oxygen atoms in total. The van der Waals surface area contributed by atoms with E-state index in [1.54, 1.807) is 7.11 Å². The molecule has 0 radical (unpaired) electrons. The minimum atomic E-state index is -1.86. The predicted octanol–water partition coefficient (Wildman–Crippen LogP) is 6.01. The molecule has 0 aromatic heterocycles. The van der Waals surface area contributed by atoms with Gasteiger partial charge in [0.2, 0.25) is 8.32 Å².